The number of benzene rings is 10. The maximum atomic E-state index is 5.67. The van der Waals surface area contributed by atoms with E-state index in [1.165, 1.54) is 59.5 Å². The van der Waals surface area contributed by atoms with Gasteiger partial charge in [-0.1, -0.05) is 243 Å². The van der Waals surface area contributed by atoms with Crippen LogP contribution in [0.15, 0.2) is 376 Å². The van der Waals surface area contributed by atoms with E-state index in [9.17, 15) is 0 Å². The number of hydrogen-bond donors (Lipinski definition) is 0. The second-order valence-corrected chi connectivity index (χ2v) is 27.7. The van der Waals surface area contributed by atoms with E-state index in [1.807, 2.05) is 151 Å². The first-order chi connectivity index (χ1) is 46.0. The molecule has 0 saturated carbocycles. The number of halogens is 7. The summed E-state index contributed by atoms with van der Waals surface area (Å²) in [7, 11) is 0. The molecule has 6 aromatic heterocycles. The van der Waals surface area contributed by atoms with Gasteiger partial charge in [0.15, 0.2) is 5.58 Å². The Kier molecular flexibility index (Phi) is 26.4. The van der Waals surface area contributed by atoms with E-state index in [0.717, 1.165) is 59.5 Å². The fraction of sp³-hybridized carbons (Fsp3) is 0. The van der Waals surface area contributed by atoms with Gasteiger partial charge in [0.1, 0.15) is 10.1 Å². The van der Waals surface area contributed by atoms with Crippen molar-refractivity contribution in [2.45, 2.75) is 0 Å². The Morgan fingerprint density at radius 2 is 0.713 bits per heavy atom. The van der Waals surface area contributed by atoms with E-state index in [4.69, 9.17) is 4.42 Å². The third-order valence-electron chi connectivity index (χ3n) is 13.8. The fourth-order valence-electron chi connectivity index (χ4n) is 9.31. The first kappa shape index (κ1) is 68.8. The molecule has 0 fully saturated rings. The molecule has 6 nitrogen and oxygen atoms in total. The van der Waals surface area contributed by atoms with Gasteiger partial charge >= 0.3 is 0 Å². The molecule has 16 rings (SSSR count). The minimum Gasteiger partial charge on any atom is -0.436 e. The van der Waals surface area contributed by atoms with Crippen LogP contribution in [0, 0.1) is 0 Å². The van der Waals surface area contributed by atoms with Gasteiger partial charge in [-0.25, -0.2) is 9.97 Å². The van der Waals surface area contributed by atoms with E-state index in [0.29, 0.717) is 5.89 Å². The van der Waals surface area contributed by atoms with Crippen LogP contribution in [0.3, 0.4) is 0 Å². The lowest BCUT2D eigenvalue weighted by Gasteiger charge is -2.07. The van der Waals surface area contributed by atoms with Crippen LogP contribution in [-0.2, 0) is 0 Å². The molecule has 10 aromatic carbocycles. The van der Waals surface area contributed by atoms with Crippen molar-refractivity contribution in [2.75, 3.05) is 0 Å². The normalized spacial score (nSPS) is 10.3. The van der Waals surface area contributed by atoms with Gasteiger partial charge in [-0.3, -0.25) is 9.97 Å². The summed E-state index contributed by atoms with van der Waals surface area (Å²) >= 11 is 25.5. The number of rotatable bonds is 6. The molecule has 0 aliphatic carbocycles. The topological polar surface area (TPSA) is 69.6 Å². The minimum atomic E-state index is 0.661. The number of thiophene rings is 1. The summed E-state index contributed by atoms with van der Waals surface area (Å²) in [6.45, 7) is 0. The molecule has 0 bridgehead atoms. The highest BCUT2D eigenvalue weighted by Gasteiger charge is 2.12. The van der Waals surface area contributed by atoms with Crippen molar-refractivity contribution < 1.29 is 4.42 Å². The van der Waals surface area contributed by atoms with Crippen LogP contribution in [0.5, 0.6) is 0 Å². The molecule has 0 saturated heterocycles. The second-order valence-electron chi connectivity index (χ2n) is 20.3. The average Bonchev–Trinajstić information content (AvgIpc) is 1.61. The molecule has 94 heavy (non-hydrogen) atoms. The third kappa shape index (κ3) is 20.5. The summed E-state index contributed by atoms with van der Waals surface area (Å²) in [4.78, 5) is 19.4. The van der Waals surface area contributed by atoms with Gasteiger partial charge in [-0.15, -0.1) is 11.3 Å². The smallest absolute Gasteiger partial charge is 0.227 e. The van der Waals surface area contributed by atoms with E-state index in [-0.39, 0.29) is 0 Å². The molecule has 0 aliphatic rings. The molecule has 462 valence electrons. The van der Waals surface area contributed by atoms with Crippen LogP contribution in [-0.4, -0.2) is 24.5 Å². The van der Waals surface area contributed by atoms with Crippen LogP contribution in [0.1, 0.15) is 0 Å². The average molecular weight is 1690 g/mol. The number of hydrogen-bond acceptors (Lipinski definition) is 6. The van der Waals surface area contributed by atoms with Crippen LogP contribution in [0.4, 0.5) is 0 Å². The van der Waals surface area contributed by atoms with Crippen LogP contribution in [0.25, 0.3) is 93.4 Å². The van der Waals surface area contributed by atoms with Gasteiger partial charge in [0, 0.05) is 77.2 Å². The van der Waals surface area contributed by atoms with Crippen molar-refractivity contribution in [2.24, 2.45) is 0 Å². The van der Waals surface area contributed by atoms with Crippen molar-refractivity contribution in [3.8, 4) is 60.5 Å². The zero-order chi connectivity index (χ0) is 65.3. The lowest BCUT2D eigenvalue weighted by atomic mass is 10.1. The number of fused-ring (bicyclic) bond motifs is 4. The Labute approximate surface area is 610 Å². The molecule has 0 spiro atoms. The van der Waals surface area contributed by atoms with Gasteiger partial charge < -0.3 is 8.98 Å². The van der Waals surface area contributed by atoms with E-state index in [2.05, 4.69) is 318 Å². The van der Waals surface area contributed by atoms with Crippen LogP contribution >= 0.6 is 123 Å². The molecule has 0 unspecified atom stereocenters. The van der Waals surface area contributed by atoms with Gasteiger partial charge in [0.05, 0.1) is 22.4 Å². The van der Waals surface area contributed by atoms with Crippen molar-refractivity contribution >= 4 is 156 Å². The van der Waals surface area contributed by atoms with Crippen LogP contribution < -0.4 is 0 Å². The molecular weight excluding hydrogens is 1640 g/mol. The first-order valence-corrected chi connectivity index (χ1v) is 35.8. The lowest BCUT2D eigenvalue weighted by Crippen LogP contribution is -1.92. The molecule has 0 N–H and O–H groups in total. The molecule has 16 aromatic rings. The van der Waals surface area contributed by atoms with Gasteiger partial charge in [-0.05, 0) is 212 Å². The SMILES string of the molecule is Brc1ccc(-c2ccc(-c3ccccc3)s2)cc1.Brc1ccc(-c2ccccc2)cc1.Brc1ccc(-c2ccccn2)nc1.Brc1ccc(-c2nc3ccccc3o2)cc1.Brc1ccc(-n2c3ccccc3c3ccccc32)cc1.Brc1ccccc1.Brc1ccccn1. The first-order valence-electron chi connectivity index (χ1n) is 29.4. The van der Waals surface area contributed by atoms with Gasteiger partial charge in [-0.2, -0.15) is 0 Å². The monoisotopic (exact) mass is 1690 g/mol. The summed E-state index contributed by atoms with van der Waals surface area (Å²) in [5, 5.41) is 2.59. The number of nitrogens with zero attached hydrogens (tertiary/aromatic N) is 5. The zero-order valence-electron chi connectivity index (χ0n) is 50.0. The Hall–Kier alpha value is -8.02. The summed E-state index contributed by atoms with van der Waals surface area (Å²) in [5.41, 5.74) is 13.2. The highest BCUT2D eigenvalue weighted by Crippen LogP contribution is 2.36. The maximum Gasteiger partial charge on any atom is 0.227 e. The number of aromatic nitrogens is 5. The molecular formula is C80H56Br7N5OS. The minimum absolute atomic E-state index is 0.661. The number of para-hydroxylation sites is 4. The van der Waals surface area contributed by atoms with Crippen molar-refractivity contribution in [3.05, 3.63) is 372 Å². The molecule has 0 atom stereocenters. The Morgan fingerprint density at radius 3 is 1.19 bits per heavy atom. The highest BCUT2D eigenvalue weighted by molar-refractivity contribution is 9.11. The summed E-state index contributed by atoms with van der Waals surface area (Å²) in [6, 6.07) is 109. The van der Waals surface area contributed by atoms with Crippen molar-refractivity contribution in [1.82, 2.24) is 24.5 Å². The Bertz CT molecular complexity index is 4670. The molecule has 6 heterocycles. The van der Waals surface area contributed by atoms with Gasteiger partial charge in [0.2, 0.25) is 5.89 Å². The third-order valence-corrected chi connectivity index (χ3v) is 18.6. The Morgan fingerprint density at radius 1 is 0.298 bits per heavy atom. The number of oxazole rings is 1. The molecule has 14 heteroatoms. The number of pyridine rings is 3. The van der Waals surface area contributed by atoms with Crippen molar-refractivity contribution in [1.29, 1.82) is 0 Å². The van der Waals surface area contributed by atoms with Crippen molar-refractivity contribution in [3.63, 3.8) is 0 Å². The zero-order valence-corrected chi connectivity index (χ0v) is 61.9. The van der Waals surface area contributed by atoms with E-state index < -0.39 is 0 Å². The standard InChI is InChI=1S/C18H12BrN.C16H11BrS.C13H8BrNO.C12H9Br.C10H7BrN2.C6H5Br.C5H4BrN/c19-13-9-11-14(12-10-13)20-17-7-3-1-5-15(17)16-6-2-4-8-18(16)20;17-14-8-6-13(7-9-14)16-11-10-15(18-16)12-4-2-1-3-5-12;14-10-7-5-9(6-8-10)13-15-11-3-1-2-4-12(11)16-13;13-12-8-6-11(7-9-12)10-4-2-1-3-5-10;11-8-4-5-10(13-7-8)9-3-1-2-6-12-9;7-6-4-2-1-3-5-6;6-5-3-1-2-4-7-5/h1-12H;1-11H;1-8H;1-9H;1-7H;1-5H;1-4H. The van der Waals surface area contributed by atoms with Gasteiger partial charge in [0.25, 0.3) is 0 Å². The van der Waals surface area contributed by atoms with E-state index in [1.54, 1.807) is 18.6 Å². The predicted octanol–water partition coefficient (Wildman–Crippen LogP) is 27.0. The van der Waals surface area contributed by atoms with Crippen LogP contribution in [0.2, 0.25) is 0 Å². The Balaban J connectivity index is 0.000000123. The summed E-state index contributed by atoms with van der Waals surface area (Å²) in [6.07, 6.45) is 5.27. The molecule has 0 aliphatic heterocycles. The molecule has 0 amide bonds. The van der Waals surface area contributed by atoms with E-state index >= 15 is 0 Å². The largest absolute Gasteiger partial charge is 0.436 e. The maximum absolute atomic E-state index is 5.67. The second kappa shape index (κ2) is 36.0. The summed E-state index contributed by atoms with van der Waals surface area (Å²) < 4.78 is 15.4. The molecule has 0 radical (unpaired) electrons. The lowest BCUT2D eigenvalue weighted by molar-refractivity contribution is 0.620. The fourth-order valence-corrected chi connectivity index (χ4v) is 12.2. The highest BCUT2D eigenvalue weighted by atomic mass is 79.9. The predicted molar refractivity (Wildman–Crippen MR) is 419 cm³/mol. The summed E-state index contributed by atoms with van der Waals surface area (Å²) in [5.74, 6) is 0.661. The quantitative estimate of drug-likeness (QED) is 0.155.